The van der Waals surface area contributed by atoms with Crippen LogP contribution in [0.2, 0.25) is 0 Å². The maximum atomic E-state index is 12.3. The quantitative estimate of drug-likeness (QED) is 0.374. The van der Waals surface area contributed by atoms with Crippen molar-refractivity contribution in [1.29, 1.82) is 0 Å². The normalized spacial score (nSPS) is 16.6. The lowest BCUT2D eigenvalue weighted by Crippen LogP contribution is -2.25. The van der Waals surface area contributed by atoms with E-state index < -0.39 is 6.36 Å². The van der Waals surface area contributed by atoms with Gasteiger partial charge in [0.25, 0.3) is 0 Å². The molecule has 2 aromatic carbocycles. The molecule has 1 aliphatic rings. The van der Waals surface area contributed by atoms with Crippen molar-refractivity contribution < 1.29 is 22.6 Å². The summed E-state index contributed by atoms with van der Waals surface area (Å²) in [4.78, 5) is 4.31. The number of fused-ring (bicyclic) bond motifs is 1. The third kappa shape index (κ3) is 6.19. The molecule has 0 spiro atoms. The summed E-state index contributed by atoms with van der Waals surface area (Å²) in [5.41, 5.74) is 7.31. The van der Waals surface area contributed by atoms with E-state index >= 15 is 0 Å². The summed E-state index contributed by atoms with van der Waals surface area (Å²) in [5, 5.41) is 2.78. The molecule has 0 saturated heterocycles. The van der Waals surface area contributed by atoms with Crippen LogP contribution in [0.15, 0.2) is 53.5 Å². The van der Waals surface area contributed by atoms with E-state index in [4.69, 9.17) is 10.5 Å². The van der Waals surface area contributed by atoms with Gasteiger partial charge in [0, 0.05) is 24.2 Å². The minimum Gasteiger partial charge on any atom is -0.493 e. The van der Waals surface area contributed by atoms with Gasteiger partial charge in [-0.1, -0.05) is 24.3 Å². The van der Waals surface area contributed by atoms with Crippen LogP contribution in [0.3, 0.4) is 0 Å². The number of nitrogens with one attached hydrogen (secondary N) is 1. The van der Waals surface area contributed by atoms with E-state index in [0.717, 1.165) is 17.7 Å². The first kappa shape index (κ1) is 21.1. The largest absolute Gasteiger partial charge is 0.573 e. The summed E-state index contributed by atoms with van der Waals surface area (Å²) in [6.45, 7) is 1.07. The van der Waals surface area contributed by atoms with Crippen LogP contribution in [0.25, 0.3) is 0 Å². The highest BCUT2D eigenvalue weighted by atomic mass is 127. The molecule has 5 nitrogen and oxygen atoms in total. The highest BCUT2D eigenvalue weighted by Gasteiger charge is 2.31. The van der Waals surface area contributed by atoms with E-state index in [1.54, 1.807) is 6.07 Å². The standard InChI is InChI=1S/C18H18F3N3O2.HI/c19-18(20,21)26-14-5-3-4-13(10-14)24-17(22)23-11-12-8-9-25-16-7-2-1-6-15(12)16;/h1-7,10,12H,8-9,11H2,(H3,22,23,24);1H. The van der Waals surface area contributed by atoms with Gasteiger partial charge in [0.05, 0.1) is 6.61 Å². The van der Waals surface area contributed by atoms with Crippen LogP contribution in [0.5, 0.6) is 11.5 Å². The lowest BCUT2D eigenvalue weighted by atomic mass is 9.93. The van der Waals surface area contributed by atoms with E-state index in [-0.39, 0.29) is 41.6 Å². The van der Waals surface area contributed by atoms with Crippen LogP contribution in [0, 0.1) is 0 Å². The topological polar surface area (TPSA) is 68.9 Å². The molecule has 0 aromatic heterocycles. The Hall–Kier alpha value is -2.17. The fourth-order valence-electron chi connectivity index (χ4n) is 2.77. The van der Waals surface area contributed by atoms with Crippen molar-refractivity contribution >= 4 is 35.6 Å². The predicted molar refractivity (Wildman–Crippen MR) is 108 cm³/mol. The SMILES string of the molecule is I.NC(=NCC1CCOc2ccccc21)Nc1cccc(OC(F)(F)F)c1. The molecule has 1 heterocycles. The van der Waals surface area contributed by atoms with Crippen molar-refractivity contribution in [3.8, 4) is 11.5 Å². The van der Waals surface area contributed by atoms with Gasteiger partial charge in [-0.2, -0.15) is 0 Å². The Kier molecular flexibility index (Phi) is 7.17. The van der Waals surface area contributed by atoms with Crippen LogP contribution in [0.1, 0.15) is 17.9 Å². The summed E-state index contributed by atoms with van der Waals surface area (Å²) in [5.74, 6) is 0.828. The second-order valence-corrected chi connectivity index (χ2v) is 5.80. The molecule has 0 radical (unpaired) electrons. The Balaban J connectivity index is 0.00000261. The minimum atomic E-state index is -4.74. The Morgan fingerprint density at radius 1 is 1.22 bits per heavy atom. The van der Waals surface area contributed by atoms with Crippen molar-refractivity contribution in [3.63, 3.8) is 0 Å². The van der Waals surface area contributed by atoms with Crippen LogP contribution in [-0.2, 0) is 0 Å². The van der Waals surface area contributed by atoms with Gasteiger partial charge in [0.2, 0.25) is 0 Å². The monoisotopic (exact) mass is 493 g/mol. The fourth-order valence-corrected chi connectivity index (χ4v) is 2.77. The van der Waals surface area contributed by atoms with Crippen molar-refractivity contribution in [2.45, 2.75) is 18.7 Å². The van der Waals surface area contributed by atoms with E-state index in [1.165, 1.54) is 18.2 Å². The lowest BCUT2D eigenvalue weighted by molar-refractivity contribution is -0.274. The van der Waals surface area contributed by atoms with Crippen LogP contribution < -0.4 is 20.5 Å². The second-order valence-electron chi connectivity index (χ2n) is 5.80. The number of anilines is 1. The highest BCUT2D eigenvalue weighted by molar-refractivity contribution is 14.0. The summed E-state index contributed by atoms with van der Waals surface area (Å²) in [7, 11) is 0. The van der Waals surface area contributed by atoms with Gasteiger partial charge < -0.3 is 20.5 Å². The number of guanidine groups is 1. The van der Waals surface area contributed by atoms with Crippen molar-refractivity contribution in [2.75, 3.05) is 18.5 Å². The number of benzene rings is 2. The van der Waals surface area contributed by atoms with Gasteiger partial charge in [0.15, 0.2) is 5.96 Å². The number of nitrogens with zero attached hydrogens (tertiary/aromatic N) is 1. The molecule has 146 valence electrons. The third-order valence-electron chi connectivity index (χ3n) is 3.90. The number of hydrogen-bond donors (Lipinski definition) is 2. The predicted octanol–water partition coefficient (Wildman–Crippen LogP) is 4.50. The Morgan fingerprint density at radius 3 is 2.78 bits per heavy atom. The molecule has 1 atom stereocenters. The van der Waals surface area contributed by atoms with Crippen molar-refractivity contribution in [3.05, 3.63) is 54.1 Å². The van der Waals surface area contributed by atoms with Gasteiger partial charge in [-0.15, -0.1) is 37.1 Å². The first-order valence-electron chi connectivity index (χ1n) is 8.05. The van der Waals surface area contributed by atoms with Gasteiger partial charge in [-0.05, 0) is 30.2 Å². The molecule has 3 rings (SSSR count). The zero-order valence-electron chi connectivity index (χ0n) is 14.2. The molecule has 2 aromatic rings. The zero-order valence-corrected chi connectivity index (χ0v) is 16.5. The number of aliphatic imine (C=N–C) groups is 1. The molecule has 1 unspecified atom stereocenters. The first-order chi connectivity index (χ1) is 12.4. The molecule has 0 bridgehead atoms. The molecule has 0 aliphatic carbocycles. The van der Waals surface area contributed by atoms with Gasteiger partial charge >= 0.3 is 6.36 Å². The summed E-state index contributed by atoms with van der Waals surface area (Å²) >= 11 is 0. The number of ether oxygens (including phenoxy) is 2. The van der Waals surface area contributed by atoms with E-state index in [2.05, 4.69) is 15.0 Å². The van der Waals surface area contributed by atoms with Gasteiger partial charge in [0.1, 0.15) is 11.5 Å². The molecule has 9 heteroatoms. The van der Waals surface area contributed by atoms with E-state index in [0.29, 0.717) is 18.8 Å². The second kappa shape index (κ2) is 9.16. The number of nitrogens with two attached hydrogens (primary N) is 1. The Morgan fingerprint density at radius 2 is 2.00 bits per heavy atom. The number of alkyl halides is 3. The molecule has 3 N–H and O–H groups in total. The third-order valence-corrected chi connectivity index (χ3v) is 3.90. The number of para-hydroxylation sites is 1. The maximum absolute atomic E-state index is 12.3. The van der Waals surface area contributed by atoms with Crippen LogP contribution >= 0.6 is 24.0 Å². The fraction of sp³-hybridized carbons (Fsp3) is 0.278. The maximum Gasteiger partial charge on any atom is 0.573 e. The number of halogens is 4. The first-order valence-corrected chi connectivity index (χ1v) is 8.05. The number of hydrogen-bond acceptors (Lipinski definition) is 3. The lowest BCUT2D eigenvalue weighted by Gasteiger charge is -2.24. The van der Waals surface area contributed by atoms with Crippen LogP contribution in [-0.4, -0.2) is 25.5 Å². The van der Waals surface area contributed by atoms with Gasteiger partial charge in [-0.3, -0.25) is 4.99 Å². The van der Waals surface area contributed by atoms with Gasteiger partial charge in [-0.25, -0.2) is 0 Å². The average Bonchev–Trinajstić information content (AvgIpc) is 2.59. The summed E-state index contributed by atoms with van der Waals surface area (Å²) in [6, 6.07) is 13.2. The van der Waals surface area contributed by atoms with Crippen LogP contribution in [0.4, 0.5) is 18.9 Å². The molecule has 0 fully saturated rings. The smallest absolute Gasteiger partial charge is 0.493 e. The molecule has 27 heavy (non-hydrogen) atoms. The van der Waals surface area contributed by atoms with Crippen molar-refractivity contribution in [1.82, 2.24) is 0 Å². The molecular formula is C18H19F3IN3O2. The minimum absolute atomic E-state index is 0. The van der Waals surface area contributed by atoms with Crippen molar-refractivity contribution in [2.24, 2.45) is 10.7 Å². The highest BCUT2D eigenvalue weighted by Crippen LogP contribution is 2.33. The zero-order chi connectivity index (χ0) is 18.6. The average molecular weight is 493 g/mol. The Bertz CT molecular complexity index is 799. The molecule has 1 aliphatic heterocycles. The number of rotatable bonds is 4. The Labute approximate surface area is 171 Å². The molecule has 0 amide bonds. The van der Waals surface area contributed by atoms with E-state index in [1.807, 2.05) is 24.3 Å². The molecule has 0 saturated carbocycles. The molecular weight excluding hydrogens is 474 g/mol. The summed E-state index contributed by atoms with van der Waals surface area (Å²) < 4.78 is 46.3. The summed E-state index contributed by atoms with van der Waals surface area (Å²) in [6.07, 6.45) is -3.92. The van der Waals surface area contributed by atoms with E-state index in [9.17, 15) is 13.2 Å².